The number of nitrogens with one attached hydrogen (secondary N) is 1. The molecule has 2 aromatic rings. The molecule has 0 radical (unpaired) electrons. The van der Waals surface area contributed by atoms with Crippen molar-refractivity contribution in [1.82, 2.24) is 9.88 Å². The fourth-order valence-electron chi connectivity index (χ4n) is 2.87. The van der Waals surface area contributed by atoms with E-state index < -0.39 is 23.9 Å². The summed E-state index contributed by atoms with van der Waals surface area (Å²) in [6.45, 7) is 0.557. The van der Waals surface area contributed by atoms with Gasteiger partial charge in [-0.25, -0.2) is 9.78 Å². The molecule has 2 N–H and O–H groups in total. The predicted molar refractivity (Wildman–Crippen MR) is 99.6 cm³/mol. The van der Waals surface area contributed by atoms with Gasteiger partial charge in [0.25, 0.3) is 0 Å². The van der Waals surface area contributed by atoms with Crippen molar-refractivity contribution in [2.45, 2.75) is 12.8 Å². The minimum atomic E-state index is -0.897. The van der Waals surface area contributed by atoms with Gasteiger partial charge < -0.3 is 14.7 Å². The van der Waals surface area contributed by atoms with Crippen molar-refractivity contribution < 1.29 is 24.2 Å². The summed E-state index contributed by atoms with van der Waals surface area (Å²) in [7, 11) is 1.32. The van der Waals surface area contributed by atoms with Crippen molar-refractivity contribution in [2.24, 2.45) is 5.92 Å². The molecule has 8 nitrogen and oxygen atoms in total. The maximum atomic E-state index is 12.4. The average Bonchev–Trinajstić information content (AvgIpc) is 3.30. The van der Waals surface area contributed by atoms with Crippen LogP contribution in [0.2, 0.25) is 0 Å². The number of carbonyl (C=O) groups is 3. The van der Waals surface area contributed by atoms with Crippen molar-refractivity contribution in [3.8, 4) is 11.3 Å². The minimum Gasteiger partial charge on any atom is -0.481 e. The number of anilines is 1. The summed E-state index contributed by atoms with van der Waals surface area (Å²) in [5.41, 5.74) is 1.45. The van der Waals surface area contributed by atoms with Crippen LogP contribution in [0.4, 0.5) is 9.93 Å². The number of urea groups is 1. The third-order valence-electron chi connectivity index (χ3n) is 4.32. The summed E-state index contributed by atoms with van der Waals surface area (Å²) >= 11 is 1.21. The van der Waals surface area contributed by atoms with E-state index in [2.05, 4.69) is 10.3 Å². The Kier molecular flexibility index (Phi) is 5.70. The molecule has 0 saturated carbocycles. The highest BCUT2D eigenvalue weighted by molar-refractivity contribution is 7.16. The topological polar surface area (TPSA) is 109 Å². The molecule has 1 aromatic heterocycles. The molecule has 1 fully saturated rings. The van der Waals surface area contributed by atoms with Gasteiger partial charge >= 0.3 is 18.0 Å². The quantitative estimate of drug-likeness (QED) is 0.761. The second-order valence-electron chi connectivity index (χ2n) is 6.11. The average molecular weight is 389 g/mol. The summed E-state index contributed by atoms with van der Waals surface area (Å²) in [6, 6.07) is 8.97. The summed E-state index contributed by atoms with van der Waals surface area (Å²) in [6.07, 6.45) is 0.489. The highest BCUT2D eigenvalue weighted by Gasteiger charge is 2.31. The van der Waals surface area contributed by atoms with Gasteiger partial charge in [0, 0.05) is 23.5 Å². The van der Waals surface area contributed by atoms with Gasteiger partial charge in [0.1, 0.15) is 0 Å². The van der Waals surface area contributed by atoms with Gasteiger partial charge in [-0.15, -0.1) is 11.3 Å². The zero-order chi connectivity index (χ0) is 19.4. The number of nitrogens with zero attached hydrogens (tertiary/aromatic N) is 2. The highest BCUT2D eigenvalue weighted by atomic mass is 32.1. The number of aromatic nitrogens is 1. The number of carbonyl (C=O) groups excluding carboxylic acids is 2. The van der Waals surface area contributed by atoms with Gasteiger partial charge in [0.05, 0.1) is 25.1 Å². The number of thiazole rings is 1. The number of carboxylic acid groups (broad SMARTS) is 1. The van der Waals surface area contributed by atoms with E-state index in [9.17, 15) is 14.4 Å². The molecule has 0 aliphatic carbocycles. The van der Waals surface area contributed by atoms with E-state index in [1.807, 2.05) is 30.3 Å². The lowest BCUT2D eigenvalue weighted by Crippen LogP contribution is -2.33. The Labute approximate surface area is 159 Å². The number of esters is 1. The molecule has 142 valence electrons. The Balaban J connectivity index is 1.78. The molecule has 1 aromatic carbocycles. The molecule has 2 amide bonds. The van der Waals surface area contributed by atoms with Gasteiger partial charge in [0.2, 0.25) is 0 Å². The molecular weight excluding hydrogens is 370 g/mol. The Hall–Kier alpha value is -2.94. The predicted octanol–water partition coefficient (Wildman–Crippen LogP) is 2.46. The number of benzene rings is 1. The third-order valence-corrected chi connectivity index (χ3v) is 5.29. The Bertz CT molecular complexity index is 852. The van der Waals surface area contributed by atoms with Gasteiger partial charge in [-0.05, 0) is 6.42 Å². The van der Waals surface area contributed by atoms with E-state index in [1.54, 1.807) is 0 Å². The molecule has 1 atom stereocenters. The first-order valence-corrected chi connectivity index (χ1v) is 9.20. The summed E-state index contributed by atoms with van der Waals surface area (Å²) in [5, 5.41) is 12.1. The zero-order valence-electron chi connectivity index (χ0n) is 14.7. The molecule has 1 unspecified atom stereocenters. The Morgan fingerprint density at radius 3 is 2.70 bits per heavy atom. The molecule has 0 bridgehead atoms. The number of ether oxygens (including phenoxy) is 1. The first kappa shape index (κ1) is 18.8. The molecule has 1 aliphatic rings. The van der Waals surface area contributed by atoms with Crippen LogP contribution in [0.1, 0.15) is 11.3 Å². The molecule has 1 saturated heterocycles. The van der Waals surface area contributed by atoms with Crippen LogP contribution in [-0.4, -0.2) is 53.2 Å². The van der Waals surface area contributed by atoms with Crippen LogP contribution < -0.4 is 5.32 Å². The van der Waals surface area contributed by atoms with E-state index in [0.717, 1.165) is 5.56 Å². The number of methoxy groups -OCH3 is 1. The Morgan fingerprint density at radius 1 is 1.33 bits per heavy atom. The second kappa shape index (κ2) is 8.17. The summed E-state index contributed by atoms with van der Waals surface area (Å²) in [5.74, 6) is -1.83. The molecule has 1 aliphatic heterocycles. The first-order valence-electron chi connectivity index (χ1n) is 8.38. The summed E-state index contributed by atoms with van der Waals surface area (Å²) < 4.78 is 4.74. The molecular formula is C18H19N3O5S. The van der Waals surface area contributed by atoms with Crippen LogP contribution in [0.15, 0.2) is 30.3 Å². The normalized spacial score (nSPS) is 16.2. The minimum absolute atomic E-state index is 0.0546. The number of aliphatic carboxylic acids is 1. The van der Waals surface area contributed by atoms with Crippen LogP contribution >= 0.6 is 11.3 Å². The zero-order valence-corrected chi connectivity index (χ0v) is 15.5. The largest absolute Gasteiger partial charge is 0.481 e. The number of rotatable bonds is 5. The summed E-state index contributed by atoms with van der Waals surface area (Å²) in [4.78, 5) is 41.8. The van der Waals surface area contributed by atoms with Crippen LogP contribution in [0.25, 0.3) is 11.3 Å². The lowest BCUT2D eigenvalue weighted by Gasteiger charge is -2.15. The third kappa shape index (κ3) is 4.43. The van der Waals surface area contributed by atoms with E-state index >= 15 is 0 Å². The van der Waals surface area contributed by atoms with E-state index in [4.69, 9.17) is 9.84 Å². The lowest BCUT2D eigenvalue weighted by atomic mass is 10.1. The van der Waals surface area contributed by atoms with Gasteiger partial charge in [-0.1, -0.05) is 30.3 Å². The van der Waals surface area contributed by atoms with Crippen molar-refractivity contribution in [2.75, 3.05) is 25.5 Å². The fraction of sp³-hybridized carbons (Fsp3) is 0.333. The van der Waals surface area contributed by atoms with Crippen LogP contribution in [0, 0.1) is 5.92 Å². The molecule has 27 heavy (non-hydrogen) atoms. The number of likely N-dealkylation sites (tertiary alicyclic amines) is 1. The first-order chi connectivity index (χ1) is 13.0. The maximum Gasteiger partial charge on any atom is 0.323 e. The molecule has 3 rings (SSSR count). The van der Waals surface area contributed by atoms with Crippen LogP contribution in [0.5, 0.6) is 0 Å². The fourth-order valence-corrected chi connectivity index (χ4v) is 3.83. The van der Waals surface area contributed by atoms with Crippen molar-refractivity contribution >= 4 is 34.4 Å². The van der Waals surface area contributed by atoms with E-state index in [0.29, 0.717) is 28.7 Å². The van der Waals surface area contributed by atoms with E-state index in [-0.39, 0.29) is 13.0 Å². The standard InChI is InChI=1S/C18H19N3O5S/c1-26-14(22)9-13-15(11-5-3-2-4-6-11)19-17(27-13)20-18(25)21-8-7-12(10-21)16(23)24/h2-6,12H,7-10H2,1H3,(H,23,24)(H,19,20,25). The van der Waals surface area contributed by atoms with Crippen molar-refractivity contribution in [1.29, 1.82) is 0 Å². The Morgan fingerprint density at radius 2 is 2.07 bits per heavy atom. The molecule has 9 heteroatoms. The van der Waals surface area contributed by atoms with Crippen molar-refractivity contribution in [3.63, 3.8) is 0 Å². The van der Waals surface area contributed by atoms with E-state index in [1.165, 1.54) is 23.3 Å². The van der Waals surface area contributed by atoms with Crippen LogP contribution in [0.3, 0.4) is 0 Å². The highest BCUT2D eigenvalue weighted by Crippen LogP contribution is 2.32. The van der Waals surface area contributed by atoms with Gasteiger partial charge in [0.15, 0.2) is 5.13 Å². The second-order valence-corrected chi connectivity index (χ2v) is 7.19. The van der Waals surface area contributed by atoms with Crippen LogP contribution in [-0.2, 0) is 20.7 Å². The number of carboxylic acids is 1. The van der Waals surface area contributed by atoms with Crippen molar-refractivity contribution in [3.05, 3.63) is 35.2 Å². The SMILES string of the molecule is COC(=O)Cc1sc(NC(=O)N2CCC(C(=O)O)C2)nc1-c1ccccc1. The maximum absolute atomic E-state index is 12.4. The monoisotopic (exact) mass is 389 g/mol. The van der Waals surface area contributed by atoms with Gasteiger partial charge in [-0.3, -0.25) is 14.9 Å². The number of amides is 2. The molecule has 0 spiro atoms. The smallest absolute Gasteiger partial charge is 0.323 e. The molecule has 2 heterocycles. The number of hydrogen-bond donors (Lipinski definition) is 2. The number of hydrogen-bond acceptors (Lipinski definition) is 6. The van der Waals surface area contributed by atoms with Gasteiger partial charge in [-0.2, -0.15) is 0 Å². The lowest BCUT2D eigenvalue weighted by molar-refractivity contribution is -0.141.